The SMILES string of the molecule is O=C(C(Br)Cc1ccccc1)C(F)(F)F. The minimum absolute atomic E-state index is 0.0409. The molecule has 0 saturated carbocycles. The van der Waals surface area contributed by atoms with E-state index in [4.69, 9.17) is 0 Å². The fourth-order valence-electron chi connectivity index (χ4n) is 1.09. The molecule has 0 spiro atoms. The molecular weight excluding hydrogens is 273 g/mol. The summed E-state index contributed by atoms with van der Waals surface area (Å²) in [6, 6.07) is 8.55. The Hall–Kier alpha value is -0.840. The molecule has 1 atom stereocenters. The van der Waals surface area contributed by atoms with Crippen molar-refractivity contribution in [3.8, 4) is 0 Å². The van der Waals surface area contributed by atoms with Gasteiger partial charge in [0.15, 0.2) is 0 Å². The molecule has 1 aromatic rings. The number of Topliss-reactive ketones (excluding diaryl/α,β-unsaturated/α-hetero) is 1. The first-order valence-corrected chi connectivity index (χ1v) is 5.12. The quantitative estimate of drug-likeness (QED) is 0.778. The van der Waals surface area contributed by atoms with Crippen LogP contribution in [-0.4, -0.2) is 16.8 Å². The van der Waals surface area contributed by atoms with Gasteiger partial charge in [0, 0.05) is 0 Å². The second-order valence-corrected chi connectivity index (χ2v) is 4.12. The summed E-state index contributed by atoms with van der Waals surface area (Å²) in [6.07, 6.45) is -4.73. The van der Waals surface area contributed by atoms with Crippen molar-refractivity contribution in [2.45, 2.75) is 17.4 Å². The summed E-state index contributed by atoms with van der Waals surface area (Å²) < 4.78 is 36.1. The Bertz CT molecular complexity index is 334. The van der Waals surface area contributed by atoms with Crippen LogP contribution < -0.4 is 0 Å². The highest BCUT2D eigenvalue weighted by atomic mass is 79.9. The molecule has 0 saturated heterocycles. The van der Waals surface area contributed by atoms with Crippen LogP contribution in [0.2, 0.25) is 0 Å². The summed E-state index contributed by atoms with van der Waals surface area (Å²) in [4.78, 5) is 9.59. The highest BCUT2D eigenvalue weighted by Crippen LogP contribution is 2.23. The van der Waals surface area contributed by atoms with Gasteiger partial charge in [-0.1, -0.05) is 46.3 Å². The van der Waals surface area contributed by atoms with Crippen molar-refractivity contribution < 1.29 is 18.0 Å². The first-order chi connectivity index (χ1) is 6.91. The second kappa shape index (κ2) is 4.79. The lowest BCUT2D eigenvalue weighted by atomic mass is 10.1. The van der Waals surface area contributed by atoms with Crippen LogP contribution in [0.3, 0.4) is 0 Å². The van der Waals surface area contributed by atoms with Gasteiger partial charge in [0.1, 0.15) is 0 Å². The Kier molecular flexibility index (Phi) is 3.90. The molecule has 0 aliphatic rings. The molecule has 5 heteroatoms. The zero-order valence-electron chi connectivity index (χ0n) is 7.59. The normalized spacial score (nSPS) is 13.6. The van der Waals surface area contributed by atoms with Crippen LogP contribution in [0.25, 0.3) is 0 Å². The third-order valence-corrected chi connectivity index (χ3v) is 2.56. The molecule has 15 heavy (non-hydrogen) atoms. The highest BCUT2D eigenvalue weighted by molar-refractivity contribution is 9.10. The molecule has 1 unspecified atom stereocenters. The Morgan fingerprint density at radius 1 is 1.27 bits per heavy atom. The number of alkyl halides is 4. The summed E-state index contributed by atoms with van der Waals surface area (Å²) in [6.45, 7) is 0. The molecule has 0 amide bonds. The number of benzene rings is 1. The van der Waals surface area contributed by atoms with E-state index in [1.165, 1.54) is 0 Å². The number of hydrogen-bond donors (Lipinski definition) is 0. The largest absolute Gasteiger partial charge is 0.451 e. The maximum atomic E-state index is 12.0. The van der Waals surface area contributed by atoms with Crippen LogP contribution in [0.5, 0.6) is 0 Å². The van der Waals surface area contributed by atoms with Gasteiger partial charge in [-0.05, 0) is 12.0 Å². The van der Waals surface area contributed by atoms with Crippen LogP contribution in [0.4, 0.5) is 13.2 Å². The first kappa shape index (κ1) is 12.2. The maximum Gasteiger partial charge on any atom is 0.451 e. The molecule has 0 aliphatic heterocycles. The molecule has 1 aromatic carbocycles. The molecule has 1 rings (SSSR count). The number of ketones is 1. The van der Waals surface area contributed by atoms with Crippen molar-refractivity contribution in [1.82, 2.24) is 0 Å². The van der Waals surface area contributed by atoms with Gasteiger partial charge in [-0.15, -0.1) is 0 Å². The third kappa shape index (κ3) is 3.66. The van der Waals surface area contributed by atoms with Crippen LogP contribution in [0.1, 0.15) is 5.56 Å². The topological polar surface area (TPSA) is 17.1 Å². The van der Waals surface area contributed by atoms with Gasteiger partial charge in [-0.2, -0.15) is 13.2 Å². The fraction of sp³-hybridized carbons (Fsp3) is 0.300. The van der Waals surface area contributed by atoms with E-state index in [9.17, 15) is 18.0 Å². The summed E-state index contributed by atoms with van der Waals surface area (Å²) >= 11 is 2.75. The van der Waals surface area contributed by atoms with Crippen molar-refractivity contribution in [1.29, 1.82) is 0 Å². The number of rotatable bonds is 3. The zero-order chi connectivity index (χ0) is 11.5. The Morgan fingerprint density at radius 3 is 2.27 bits per heavy atom. The van der Waals surface area contributed by atoms with Gasteiger partial charge in [0.05, 0.1) is 4.83 Å². The standard InChI is InChI=1S/C10H8BrF3O/c11-8(9(15)10(12,13)14)6-7-4-2-1-3-5-7/h1-5,8H,6H2. The van der Waals surface area contributed by atoms with E-state index in [1.54, 1.807) is 30.3 Å². The maximum absolute atomic E-state index is 12.0. The van der Waals surface area contributed by atoms with Crippen molar-refractivity contribution in [2.24, 2.45) is 0 Å². The summed E-state index contributed by atoms with van der Waals surface area (Å²) in [7, 11) is 0. The molecule has 0 aromatic heterocycles. The Labute approximate surface area is 93.4 Å². The lowest BCUT2D eigenvalue weighted by Gasteiger charge is -2.11. The van der Waals surface area contributed by atoms with Crippen LogP contribution >= 0.6 is 15.9 Å². The van der Waals surface area contributed by atoms with Crippen molar-refractivity contribution >= 4 is 21.7 Å². The van der Waals surface area contributed by atoms with E-state index in [0.29, 0.717) is 5.56 Å². The van der Waals surface area contributed by atoms with E-state index in [2.05, 4.69) is 15.9 Å². The monoisotopic (exact) mass is 280 g/mol. The Balaban J connectivity index is 2.65. The average Bonchev–Trinajstić information content (AvgIpc) is 2.16. The van der Waals surface area contributed by atoms with Crippen LogP contribution in [-0.2, 0) is 11.2 Å². The Morgan fingerprint density at radius 2 is 1.80 bits per heavy atom. The molecule has 0 bridgehead atoms. The van der Waals surface area contributed by atoms with Crippen LogP contribution in [0.15, 0.2) is 30.3 Å². The van der Waals surface area contributed by atoms with Crippen molar-refractivity contribution in [3.63, 3.8) is 0 Å². The first-order valence-electron chi connectivity index (χ1n) is 4.20. The number of hydrogen-bond acceptors (Lipinski definition) is 1. The number of carbonyl (C=O) groups is 1. The summed E-state index contributed by atoms with van der Waals surface area (Å²) in [5.74, 6) is -1.74. The van der Waals surface area contributed by atoms with Gasteiger partial charge in [-0.3, -0.25) is 4.79 Å². The predicted octanol–water partition coefficient (Wildman–Crippen LogP) is 3.12. The molecule has 82 valence electrons. The smallest absolute Gasteiger partial charge is 0.288 e. The zero-order valence-corrected chi connectivity index (χ0v) is 9.18. The number of halogens is 4. The molecule has 0 fully saturated rings. The van der Waals surface area contributed by atoms with E-state index in [-0.39, 0.29) is 6.42 Å². The fourth-order valence-corrected chi connectivity index (χ4v) is 1.72. The molecule has 0 radical (unpaired) electrons. The van der Waals surface area contributed by atoms with E-state index in [0.717, 1.165) is 0 Å². The molecule has 0 N–H and O–H groups in total. The van der Waals surface area contributed by atoms with Gasteiger partial charge in [-0.25, -0.2) is 0 Å². The van der Waals surface area contributed by atoms with E-state index < -0.39 is 16.8 Å². The lowest BCUT2D eigenvalue weighted by Crippen LogP contribution is -2.32. The van der Waals surface area contributed by atoms with Gasteiger partial charge in [0.2, 0.25) is 5.78 Å². The van der Waals surface area contributed by atoms with E-state index in [1.807, 2.05) is 0 Å². The third-order valence-electron chi connectivity index (χ3n) is 1.82. The van der Waals surface area contributed by atoms with Gasteiger partial charge >= 0.3 is 6.18 Å². The van der Waals surface area contributed by atoms with Crippen LogP contribution in [0, 0.1) is 0 Å². The lowest BCUT2D eigenvalue weighted by molar-refractivity contribution is -0.170. The molecular formula is C10H8BrF3O. The second-order valence-electron chi connectivity index (χ2n) is 3.02. The number of carbonyl (C=O) groups excluding carboxylic acids is 1. The highest BCUT2D eigenvalue weighted by Gasteiger charge is 2.42. The predicted molar refractivity (Wildman–Crippen MR) is 53.9 cm³/mol. The van der Waals surface area contributed by atoms with Crippen molar-refractivity contribution in [3.05, 3.63) is 35.9 Å². The minimum atomic E-state index is -4.77. The van der Waals surface area contributed by atoms with Gasteiger partial charge < -0.3 is 0 Å². The molecule has 0 heterocycles. The minimum Gasteiger partial charge on any atom is -0.288 e. The van der Waals surface area contributed by atoms with Crippen molar-refractivity contribution in [2.75, 3.05) is 0 Å². The average molecular weight is 281 g/mol. The molecule has 1 nitrogen and oxygen atoms in total. The summed E-state index contributed by atoms with van der Waals surface area (Å²) in [5.41, 5.74) is 0.692. The summed E-state index contributed by atoms with van der Waals surface area (Å²) in [5, 5.41) is 0. The van der Waals surface area contributed by atoms with Gasteiger partial charge in [0.25, 0.3) is 0 Å². The molecule has 0 aliphatic carbocycles. The van der Waals surface area contributed by atoms with E-state index >= 15 is 0 Å².